The summed E-state index contributed by atoms with van der Waals surface area (Å²) in [6.07, 6.45) is 0.831. The van der Waals surface area contributed by atoms with Crippen LogP contribution in [-0.2, 0) is 0 Å². The third kappa shape index (κ3) is 1.35. The molecule has 1 fully saturated rings. The minimum absolute atomic E-state index is 0.0603. The highest BCUT2D eigenvalue weighted by Gasteiger charge is 2.26. The molecule has 1 saturated heterocycles. The number of nitrogens with one attached hydrogen (secondary N) is 1. The smallest absolute Gasteiger partial charge is 0.305 e. The van der Waals surface area contributed by atoms with E-state index < -0.39 is 16.4 Å². The number of rotatable bonds is 2. The summed E-state index contributed by atoms with van der Waals surface area (Å²) in [5.41, 5.74) is -0.0540. The Labute approximate surface area is 79.9 Å². The van der Waals surface area contributed by atoms with E-state index in [9.17, 15) is 14.5 Å². The molecule has 0 radical (unpaired) electrons. The lowest BCUT2D eigenvalue weighted by Gasteiger charge is -2.27. The molecule has 0 saturated carbocycles. The molecule has 1 aromatic carbocycles. The Morgan fingerprint density at radius 3 is 2.79 bits per heavy atom. The van der Waals surface area contributed by atoms with E-state index in [-0.39, 0.29) is 6.04 Å². The molecule has 1 heterocycles. The Morgan fingerprint density at radius 2 is 2.29 bits per heavy atom. The Kier molecular flexibility index (Phi) is 2.17. The maximum atomic E-state index is 13.5. The summed E-state index contributed by atoms with van der Waals surface area (Å²) < 4.78 is 13.5. The van der Waals surface area contributed by atoms with Crippen molar-refractivity contribution in [2.24, 2.45) is 0 Å². The topological polar surface area (TPSA) is 55.2 Å². The molecule has 1 atom stereocenters. The molecule has 0 amide bonds. The maximum Gasteiger partial charge on any atom is 0.305 e. The van der Waals surface area contributed by atoms with Gasteiger partial charge in [-0.3, -0.25) is 10.1 Å². The number of benzene rings is 1. The van der Waals surface area contributed by atoms with Crippen molar-refractivity contribution in [2.45, 2.75) is 12.5 Å². The minimum Gasteiger partial charge on any atom is -0.310 e. The summed E-state index contributed by atoms with van der Waals surface area (Å²) >= 11 is 0. The summed E-state index contributed by atoms with van der Waals surface area (Å²) in [4.78, 5) is 9.75. The van der Waals surface area contributed by atoms with Gasteiger partial charge >= 0.3 is 5.69 Å². The van der Waals surface area contributed by atoms with Gasteiger partial charge in [0.2, 0.25) is 5.82 Å². The van der Waals surface area contributed by atoms with E-state index in [0.717, 1.165) is 13.0 Å². The Balaban J connectivity index is 2.40. The normalized spacial score (nSPS) is 20.2. The van der Waals surface area contributed by atoms with Gasteiger partial charge in [0.1, 0.15) is 0 Å². The molecule has 0 spiro atoms. The first kappa shape index (κ1) is 9.08. The van der Waals surface area contributed by atoms with Crippen LogP contribution in [0.4, 0.5) is 10.1 Å². The van der Waals surface area contributed by atoms with Gasteiger partial charge in [-0.25, -0.2) is 0 Å². The van der Waals surface area contributed by atoms with Gasteiger partial charge in [0.25, 0.3) is 0 Å². The maximum absolute atomic E-state index is 13.5. The molecule has 5 heteroatoms. The zero-order valence-electron chi connectivity index (χ0n) is 7.37. The van der Waals surface area contributed by atoms with Crippen molar-refractivity contribution < 1.29 is 9.31 Å². The predicted octanol–water partition coefficient (Wildman–Crippen LogP) is 1.77. The van der Waals surface area contributed by atoms with E-state index in [1.54, 1.807) is 6.07 Å². The minimum atomic E-state index is -0.713. The molecule has 74 valence electrons. The van der Waals surface area contributed by atoms with Crippen molar-refractivity contribution in [3.05, 3.63) is 39.7 Å². The van der Waals surface area contributed by atoms with Gasteiger partial charge in [-0.1, -0.05) is 12.1 Å². The lowest BCUT2D eigenvalue weighted by atomic mass is 9.97. The van der Waals surface area contributed by atoms with Crippen LogP contribution < -0.4 is 5.32 Å². The molecule has 0 bridgehead atoms. The van der Waals surface area contributed by atoms with Gasteiger partial charge in [-0.05, 0) is 13.0 Å². The monoisotopic (exact) mass is 196 g/mol. The first-order valence-electron chi connectivity index (χ1n) is 4.36. The Bertz CT molecular complexity index is 377. The largest absolute Gasteiger partial charge is 0.310 e. The van der Waals surface area contributed by atoms with Crippen molar-refractivity contribution >= 4 is 5.69 Å². The van der Waals surface area contributed by atoms with Crippen LogP contribution in [0.25, 0.3) is 0 Å². The molecule has 4 nitrogen and oxygen atoms in total. The summed E-state index contributed by atoms with van der Waals surface area (Å²) in [6, 6.07) is 4.21. The second-order valence-corrected chi connectivity index (χ2v) is 3.23. The quantitative estimate of drug-likeness (QED) is 0.579. The highest BCUT2D eigenvalue weighted by molar-refractivity contribution is 5.38. The third-order valence-corrected chi connectivity index (χ3v) is 2.40. The molecule has 1 aromatic rings. The van der Waals surface area contributed by atoms with Gasteiger partial charge in [0, 0.05) is 17.7 Å². The number of hydrogen-bond acceptors (Lipinski definition) is 3. The van der Waals surface area contributed by atoms with E-state index >= 15 is 0 Å². The van der Waals surface area contributed by atoms with Crippen LogP contribution >= 0.6 is 0 Å². The van der Waals surface area contributed by atoms with Crippen LogP contribution in [-0.4, -0.2) is 11.5 Å². The van der Waals surface area contributed by atoms with Gasteiger partial charge < -0.3 is 5.32 Å². The lowest BCUT2D eigenvalue weighted by Crippen LogP contribution is -2.35. The summed E-state index contributed by atoms with van der Waals surface area (Å²) in [5, 5.41) is 13.5. The Hall–Kier alpha value is -1.49. The number of hydrogen-bond donors (Lipinski definition) is 1. The second kappa shape index (κ2) is 3.34. The predicted molar refractivity (Wildman–Crippen MR) is 48.4 cm³/mol. The van der Waals surface area contributed by atoms with Crippen molar-refractivity contribution in [1.29, 1.82) is 0 Å². The molecule has 0 aromatic heterocycles. The fourth-order valence-electron chi connectivity index (χ4n) is 1.50. The van der Waals surface area contributed by atoms with Crippen LogP contribution in [0.3, 0.4) is 0 Å². The van der Waals surface area contributed by atoms with Crippen LogP contribution in [0.1, 0.15) is 18.0 Å². The lowest BCUT2D eigenvalue weighted by molar-refractivity contribution is -0.387. The average molecular weight is 196 g/mol. The molecule has 14 heavy (non-hydrogen) atoms. The third-order valence-electron chi connectivity index (χ3n) is 2.40. The van der Waals surface area contributed by atoms with Crippen molar-refractivity contribution in [1.82, 2.24) is 5.32 Å². The summed E-state index contributed by atoms with van der Waals surface area (Å²) in [6.45, 7) is 0.840. The number of nitro groups is 1. The summed E-state index contributed by atoms with van der Waals surface area (Å²) in [5.74, 6) is -0.713. The fourth-order valence-corrected chi connectivity index (χ4v) is 1.50. The van der Waals surface area contributed by atoms with E-state index in [1.807, 2.05) is 0 Å². The van der Waals surface area contributed by atoms with E-state index in [4.69, 9.17) is 0 Å². The van der Waals surface area contributed by atoms with Crippen LogP contribution in [0.2, 0.25) is 0 Å². The molecule has 0 aliphatic carbocycles. The molecular weight excluding hydrogens is 187 g/mol. The highest BCUT2D eigenvalue weighted by Crippen LogP contribution is 2.29. The Morgan fingerprint density at radius 1 is 1.57 bits per heavy atom. The second-order valence-electron chi connectivity index (χ2n) is 3.23. The molecule has 2 rings (SSSR count). The highest BCUT2D eigenvalue weighted by atomic mass is 19.1. The standard InChI is InChI=1S/C9H9FN2O2/c10-9-6(7-4-5-11-7)2-1-3-8(9)12(13)14/h1-3,7,11H,4-5H2. The first-order valence-corrected chi connectivity index (χ1v) is 4.36. The SMILES string of the molecule is O=[N+]([O-])c1cccc(C2CCN2)c1F. The van der Waals surface area contributed by atoms with E-state index in [1.165, 1.54) is 12.1 Å². The summed E-state index contributed by atoms with van der Waals surface area (Å²) in [7, 11) is 0. The zero-order chi connectivity index (χ0) is 10.1. The van der Waals surface area contributed by atoms with Gasteiger partial charge in [0.15, 0.2) is 0 Å². The number of halogens is 1. The van der Waals surface area contributed by atoms with Gasteiger partial charge in [0.05, 0.1) is 4.92 Å². The fraction of sp³-hybridized carbons (Fsp3) is 0.333. The van der Waals surface area contributed by atoms with Crippen LogP contribution in [0.15, 0.2) is 18.2 Å². The molecule has 1 aliphatic rings. The first-order chi connectivity index (χ1) is 6.70. The average Bonchev–Trinajstić information content (AvgIpc) is 2.04. The zero-order valence-corrected chi connectivity index (χ0v) is 7.37. The van der Waals surface area contributed by atoms with Crippen LogP contribution in [0.5, 0.6) is 0 Å². The van der Waals surface area contributed by atoms with Crippen molar-refractivity contribution in [3.8, 4) is 0 Å². The van der Waals surface area contributed by atoms with Crippen LogP contribution in [0, 0.1) is 15.9 Å². The molecule has 1 unspecified atom stereocenters. The van der Waals surface area contributed by atoms with Gasteiger partial charge in [-0.2, -0.15) is 4.39 Å². The van der Waals surface area contributed by atoms with Gasteiger partial charge in [-0.15, -0.1) is 0 Å². The number of nitrogens with zero attached hydrogens (tertiary/aromatic N) is 1. The van der Waals surface area contributed by atoms with E-state index in [0.29, 0.717) is 5.56 Å². The molecular formula is C9H9FN2O2. The number of nitro benzene ring substituents is 1. The van der Waals surface area contributed by atoms with E-state index in [2.05, 4.69) is 5.32 Å². The van der Waals surface area contributed by atoms with Crippen molar-refractivity contribution in [2.75, 3.05) is 6.54 Å². The molecule has 1 aliphatic heterocycles. The molecule has 1 N–H and O–H groups in total. The van der Waals surface area contributed by atoms with Crippen molar-refractivity contribution in [3.63, 3.8) is 0 Å².